The van der Waals surface area contributed by atoms with Gasteiger partial charge in [0.1, 0.15) is 0 Å². The van der Waals surface area contributed by atoms with Crippen molar-refractivity contribution in [1.82, 2.24) is 15.1 Å². The second-order valence-corrected chi connectivity index (χ2v) is 4.78. The zero-order chi connectivity index (χ0) is 10.8. The Labute approximate surface area is 97.2 Å². The number of carbonyl (C=O) groups excluding carboxylic acids is 1. The number of halogens is 1. The van der Waals surface area contributed by atoms with E-state index in [9.17, 15) is 4.79 Å². The van der Waals surface area contributed by atoms with E-state index in [1.807, 2.05) is 10.9 Å². The lowest BCUT2D eigenvalue weighted by atomic mass is 9.85. The molecule has 0 spiro atoms. The van der Waals surface area contributed by atoms with Crippen LogP contribution in [0.3, 0.4) is 0 Å². The average Bonchev–Trinajstić information content (AvgIpc) is 2.52. The van der Waals surface area contributed by atoms with Gasteiger partial charge in [0.2, 0.25) is 0 Å². The molecule has 0 unspecified atom stereocenters. The van der Waals surface area contributed by atoms with Gasteiger partial charge in [-0.3, -0.25) is 9.48 Å². The van der Waals surface area contributed by atoms with Crippen molar-refractivity contribution in [3.05, 3.63) is 16.4 Å². The van der Waals surface area contributed by atoms with Gasteiger partial charge in [-0.15, -0.1) is 0 Å². The number of carbonyl (C=O) groups is 1. The van der Waals surface area contributed by atoms with Gasteiger partial charge in [0.25, 0.3) is 5.91 Å². The van der Waals surface area contributed by atoms with E-state index in [0.717, 1.165) is 16.9 Å². The fraction of sp³-hybridized carbons (Fsp3) is 0.600. The van der Waals surface area contributed by atoms with Crippen LogP contribution in [-0.2, 0) is 6.54 Å². The summed E-state index contributed by atoms with van der Waals surface area (Å²) in [6.07, 6.45) is 5.78. The maximum atomic E-state index is 11.4. The van der Waals surface area contributed by atoms with Gasteiger partial charge in [-0.25, -0.2) is 0 Å². The lowest BCUT2D eigenvalue weighted by Crippen LogP contribution is -2.21. The third-order valence-electron chi connectivity index (χ3n) is 2.83. The van der Waals surface area contributed by atoms with Crippen LogP contribution in [0.2, 0.25) is 0 Å². The van der Waals surface area contributed by atoms with Crippen molar-refractivity contribution in [1.29, 1.82) is 0 Å². The van der Waals surface area contributed by atoms with Crippen LogP contribution in [-0.4, -0.2) is 22.7 Å². The maximum absolute atomic E-state index is 11.4. The lowest BCUT2D eigenvalue weighted by molar-refractivity contribution is 0.0956. The monoisotopic (exact) mass is 271 g/mol. The predicted octanol–water partition coefficient (Wildman–Crippen LogP) is 1.81. The van der Waals surface area contributed by atoms with Crippen LogP contribution in [0.15, 0.2) is 10.7 Å². The van der Waals surface area contributed by atoms with E-state index < -0.39 is 0 Å². The van der Waals surface area contributed by atoms with Crippen LogP contribution in [0.5, 0.6) is 0 Å². The van der Waals surface area contributed by atoms with E-state index in [1.54, 1.807) is 7.05 Å². The van der Waals surface area contributed by atoms with Gasteiger partial charge in [0, 0.05) is 19.8 Å². The third-order valence-corrected chi connectivity index (χ3v) is 3.41. The van der Waals surface area contributed by atoms with Crippen LogP contribution >= 0.6 is 15.9 Å². The highest BCUT2D eigenvalue weighted by atomic mass is 79.9. The maximum Gasteiger partial charge on any atom is 0.272 e. The molecular weight excluding hydrogens is 258 g/mol. The van der Waals surface area contributed by atoms with Crippen LogP contribution in [0, 0.1) is 5.92 Å². The van der Waals surface area contributed by atoms with E-state index in [2.05, 4.69) is 26.3 Å². The molecule has 1 aliphatic carbocycles. The van der Waals surface area contributed by atoms with Crippen LogP contribution in [0.25, 0.3) is 0 Å². The van der Waals surface area contributed by atoms with Crippen LogP contribution in [0.4, 0.5) is 0 Å². The number of hydrogen-bond acceptors (Lipinski definition) is 2. The summed E-state index contributed by atoms with van der Waals surface area (Å²) in [5, 5.41) is 6.83. The first-order chi connectivity index (χ1) is 7.20. The van der Waals surface area contributed by atoms with Gasteiger partial charge >= 0.3 is 0 Å². The Kier molecular flexibility index (Phi) is 3.09. The lowest BCUT2D eigenvalue weighted by Gasteiger charge is -2.24. The standard InChI is InChI=1S/C10H14BrN3O/c1-12-10(15)9-8(11)6-14(13-9)5-7-3-2-4-7/h6-7H,2-5H2,1H3,(H,12,15). The molecule has 0 bridgehead atoms. The van der Waals surface area contributed by atoms with Crippen LogP contribution in [0.1, 0.15) is 29.8 Å². The third kappa shape index (κ3) is 2.22. The van der Waals surface area contributed by atoms with Gasteiger partial charge in [-0.05, 0) is 34.7 Å². The van der Waals surface area contributed by atoms with Gasteiger partial charge < -0.3 is 5.32 Å². The Bertz CT molecular complexity index is 371. The first-order valence-corrected chi connectivity index (χ1v) is 5.95. The molecule has 0 aromatic carbocycles. The van der Waals surface area contributed by atoms with Crippen molar-refractivity contribution in [2.45, 2.75) is 25.8 Å². The van der Waals surface area contributed by atoms with E-state index in [0.29, 0.717) is 5.69 Å². The molecule has 1 aliphatic rings. The molecule has 1 heterocycles. The Hall–Kier alpha value is -0.840. The highest BCUT2D eigenvalue weighted by Crippen LogP contribution is 2.28. The van der Waals surface area contributed by atoms with Gasteiger partial charge in [-0.1, -0.05) is 6.42 Å². The van der Waals surface area contributed by atoms with Crippen molar-refractivity contribution in [3.8, 4) is 0 Å². The summed E-state index contributed by atoms with van der Waals surface area (Å²) in [5.41, 5.74) is 0.469. The Morgan fingerprint density at radius 2 is 2.47 bits per heavy atom. The second-order valence-electron chi connectivity index (χ2n) is 3.92. The van der Waals surface area contributed by atoms with E-state index in [4.69, 9.17) is 0 Å². The zero-order valence-corrected chi connectivity index (χ0v) is 10.2. The van der Waals surface area contributed by atoms with E-state index in [1.165, 1.54) is 19.3 Å². The molecule has 15 heavy (non-hydrogen) atoms. The normalized spacial score (nSPS) is 16.1. The van der Waals surface area contributed by atoms with Gasteiger partial charge in [0.15, 0.2) is 5.69 Å². The minimum absolute atomic E-state index is 0.144. The van der Waals surface area contributed by atoms with Gasteiger partial charge in [0.05, 0.1) is 4.47 Å². The highest BCUT2D eigenvalue weighted by molar-refractivity contribution is 9.10. The molecule has 1 aromatic rings. The van der Waals surface area contributed by atoms with Crippen molar-refractivity contribution >= 4 is 21.8 Å². The van der Waals surface area contributed by atoms with Crippen molar-refractivity contribution in [3.63, 3.8) is 0 Å². The Morgan fingerprint density at radius 3 is 3.00 bits per heavy atom. The van der Waals surface area contributed by atoms with E-state index >= 15 is 0 Å². The van der Waals surface area contributed by atoms with E-state index in [-0.39, 0.29) is 5.91 Å². The number of nitrogens with one attached hydrogen (secondary N) is 1. The average molecular weight is 272 g/mol. The van der Waals surface area contributed by atoms with Crippen LogP contribution < -0.4 is 5.32 Å². The molecule has 1 aromatic heterocycles. The van der Waals surface area contributed by atoms with Gasteiger partial charge in [-0.2, -0.15) is 5.10 Å². The predicted molar refractivity (Wildman–Crippen MR) is 60.7 cm³/mol. The summed E-state index contributed by atoms with van der Waals surface area (Å²) in [6.45, 7) is 0.926. The fourth-order valence-corrected chi connectivity index (χ4v) is 2.20. The topological polar surface area (TPSA) is 46.9 Å². The zero-order valence-electron chi connectivity index (χ0n) is 8.66. The molecule has 0 radical (unpaired) electrons. The molecule has 0 atom stereocenters. The first kappa shape index (κ1) is 10.7. The Morgan fingerprint density at radius 1 is 1.73 bits per heavy atom. The summed E-state index contributed by atoms with van der Waals surface area (Å²) in [5.74, 6) is 0.601. The largest absolute Gasteiger partial charge is 0.354 e. The molecule has 82 valence electrons. The minimum Gasteiger partial charge on any atom is -0.354 e. The molecule has 1 saturated carbocycles. The first-order valence-electron chi connectivity index (χ1n) is 5.15. The number of aromatic nitrogens is 2. The number of amides is 1. The Balaban J connectivity index is 2.09. The second kappa shape index (κ2) is 4.35. The molecule has 5 heteroatoms. The van der Waals surface area contributed by atoms with Crippen molar-refractivity contribution in [2.24, 2.45) is 5.92 Å². The molecule has 0 saturated heterocycles. The summed E-state index contributed by atoms with van der Waals surface area (Å²) in [6, 6.07) is 0. The number of hydrogen-bond donors (Lipinski definition) is 1. The molecule has 1 N–H and O–H groups in total. The summed E-state index contributed by atoms with van der Waals surface area (Å²) >= 11 is 3.34. The quantitative estimate of drug-likeness (QED) is 0.912. The molecular formula is C10H14BrN3O. The molecule has 1 fully saturated rings. The minimum atomic E-state index is -0.144. The number of rotatable bonds is 3. The molecule has 0 aliphatic heterocycles. The van der Waals surface area contributed by atoms with Crippen molar-refractivity contribution < 1.29 is 4.79 Å². The molecule has 4 nitrogen and oxygen atoms in total. The smallest absolute Gasteiger partial charge is 0.272 e. The number of nitrogens with zero attached hydrogens (tertiary/aromatic N) is 2. The van der Waals surface area contributed by atoms with Crippen molar-refractivity contribution in [2.75, 3.05) is 7.05 Å². The highest BCUT2D eigenvalue weighted by Gasteiger charge is 2.20. The summed E-state index contributed by atoms with van der Waals surface area (Å²) in [4.78, 5) is 11.4. The summed E-state index contributed by atoms with van der Waals surface area (Å²) < 4.78 is 2.62. The summed E-state index contributed by atoms with van der Waals surface area (Å²) in [7, 11) is 1.61. The fourth-order valence-electron chi connectivity index (χ4n) is 1.70. The molecule has 1 amide bonds. The molecule has 2 rings (SSSR count). The SMILES string of the molecule is CNC(=O)c1nn(CC2CCC2)cc1Br.